The van der Waals surface area contributed by atoms with Gasteiger partial charge in [-0.05, 0) is 37.6 Å². The van der Waals surface area contributed by atoms with Crippen LogP contribution in [0.5, 0.6) is 5.75 Å². The second-order valence-electron chi connectivity index (χ2n) is 4.16. The molecule has 1 N–H and O–H groups in total. The van der Waals surface area contributed by atoms with Crippen molar-refractivity contribution in [3.63, 3.8) is 0 Å². The minimum absolute atomic E-state index is 0.0766. The van der Waals surface area contributed by atoms with Crippen LogP contribution >= 0.6 is 0 Å². The van der Waals surface area contributed by atoms with Crippen molar-refractivity contribution < 1.29 is 17.9 Å². The van der Waals surface area contributed by atoms with E-state index in [9.17, 15) is 13.2 Å². The average molecular weight is 245 g/mol. The summed E-state index contributed by atoms with van der Waals surface area (Å²) < 4.78 is 43.1. The molecular weight excluding hydrogens is 231 g/mol. The second-order valence-corrected chi connectivity index (χ2v) is 4.16. The molecule has 0 saturated carbocycles. The molecule has 0 radical (unpaired) electrons. The Labute approximate surface area is 97.8 Å². The summed E-state index contributed by atoms with van der Waals surface area (Å²) in [5, 5.41) is 3.11. The zero-order valence-electron chi connectivity index (χ0n) is 9.26. The van der Waals surface area contributed by atoms with Gasteiger partial charge in [-0.1, -0.05) is 12.1 Å². The molecule has 1 saturated heterocycles. The number of hydrogen-bond donors (Lipinski definition) is 1. The van der Waals surface area contributed by atoms with Gasteiger partial charge in [0.2, 0.25) is 0 Å². The highest BCUT2D eigenvalue weighted by Gasteiger charge is 2.34. The Balaban J connectivity index is 1.94. The molecule has 94 valence electrons. The van der Waals surface area contributed by atoms with Crippen LogP contribution in [0.2, 0.25) is 0 Å². The molecule has 1 heterocycles. The largest absolute Gasteiger partial charge is 0.493 e. The van der Waals surface area contributed by atoms with Crippen LogP contribution in [0.4, 0.5) is 13.2 Å². The van der Waals surface area contributed by atoms with E-state index in [1.807, 2.05) is 0 Å². The quantitative estimate of drug-likeness (QED) is 0.880. The van der Waals surface area contributed by atoms with Crippen LogP contribution in [0.15, 0.2) is 24.3 Å². The number of ether oxygens (including phenoxy) is 1. The number of alkyl halides is 3. The van der Waals surface area contributed by atoms with Gasteiger partial charge in [0.05, 0.1) is 12.2 Å². The lowest BCUT2D eigenvalue weighted by molar-refractivity contribution is -0.139. The van der Waals surface area contributed by atoms with Crippen LogP contribution in [0.3, 0.4) is 0 Å². The summed E-state index contributed by atoms with van der Waals surface area (Å²) >= 11 is 0. The maximum absolute atomic E-state index is 12.6. The zero-order chi connectivity index (χ0) is 12.3. The van der Waals surface area contributed by atoms with E-state index >= 15 is 0 Å². The van der Waals surface area contributed by atoms with Crippen molar-refractivity contribution in [2.75, 3.05) is 19.7 Å². The number of halogens is 3. The van der Waals surface area contributed by atoms with E-state index < -0.39 is 11.7 Å². The molecule has 0 unspecified atom stereocenters. The molecule has 0 aromatic heterocycles. The Morgan fingerprint density at radius 2 is 1.94 bits per heavy atom. The highest BCUT2D eigenvalue weighted by molar-refractivity contribution is 5.35. The molecule has 0 aliphatic carbocycles. The Morgan fingerprint density at radius 3 is 2.53 bits per heavy atom. The lowest BCUT2D eigenvalue weighted by atomic mass is 10.0. The normalized spacial score (nSPS) is 16.6. The molecule has 1 aliphatic rings. The van der Waals surface area contributed by atoms with Crippen LogP contribution in [-0.4, -0.2) is 19.7 Å². The van der Waals surface area contributed by atoms with Gasteiger partial charge in [0.1, 0.15) is 5.75 Å². The van der Waals surface area contributed by atoms with Gasteiger partial charge in [0.15, 0.2) is 0 Å². The van der Waals surface area contributed by atoms with E-state index in [1.54, 1.807) is 6.07 Å². The van der Waals surface area contributed by atoms with Gasteiger partial charge in [-0.25, -0.2) is 0 Å². The minimum atomic E-state index is -4.35. The number of para-hydroxylation sites is 1. The van der Waals surface area contributed by atoms with E-state index in [2.05, 4.69) is 5.32 Å². The van der Waals surface area contributed by atoms with Crippen molar-refractivity contribution in [1.82, 2.24) is 5.32 Å². The summed E-state index contributed by atoms with van der Waals surface area (Å²) in [4.78, 5) is 0. The van der Waals surface area contributed by atoms with Crippen LogP contribution in [-0.2, 0) is 6.18 Å². The number of rotatable bonds is 4. The van der Waals surface area contributed by atoms with E-state index in [1.165, 1.54) is 12.1 Å². The van der Waals surface area contributed by atoms with Gasteiger partial charge in [-0.15, -0.1) is 0 Å². The predicted molar refractivity (Wildman–Crippen MR) is 57.9 cm³/mol. The molecule has 0 spiro atoms. The van der Waals surface area contributed by atoms with Crippen molar-refractivity contribution in [3.8, 4) is 5.75 Å². The first-order valence-corrected chi connectivity index (χ1v) is 5.57. The van der Waals surface area contributed by atoms with Gasteiger partial charge in [0, 0.05) is 0 Å². The highest BCUT2D eigenvalue weighted by Crippen LogP contribution is 2.35. The molecule has 1 fully saturated rings. The molecule has 2 rings (SSSR count). The smallest absolute Gasteiger partial charge is 0.419 e. The van der Waals surface area contributed by atoms with Crippen LogP contribution < -0.4 is 10.1 Å². The number of benzene rings is 1. The van der Waals surface area contributed by atoms with Crippen LogP contribution in [0.25, 0.3) is 0 Å². The maximum Gasteiger partial charge on any atom is 0.419 e. The Morgan fingerprint density at radius 1 is 1.24 bits per heavy atom. The zero-order valence-corrected chi connectivity index (χ0v) is 9.26. The fraction of sp³-hybridized carbons (Fsp3) is 0.500. The summed E-state index contributed by atoms with van der Waals surface area (Å²) in [7, 11) is 0. The molecule has 17 heavy (non-hydrogen) atoms. The lowest BCUT2D eigenvalue weighted by Crippen LogP contribution is -2.42. The first-order chi connectivity index (χ1) is 8.07. The Kier molecular flexibility index (Phi) is 3.57. The molecule has 1 aromatic rings. The number of hydrogen-bond acceptors (Lipinski definition) is 2. The van der Waals surface area contributed by atoms with Crippen molar-refractivity contribution in [1.29, 1.82) is 0 Å². The number of nitrogens with one attached hydrogen (secondary N) is 1. The SMILES string of the molecule is FC(F)(F)c1ccccc1OCCC1CNC1. The summed E-state index contributed by atoms with van der Waals surface area (Å²) in [5.41, 5.74) is -0.702. The highest BCUT2D eigenvalue weighted by atomic mass is 19.4. The van der Waals surface area contributed by atoms with E-state index in [4.69, 9.17) is 4.74 Å². The molecule has 5 heteroatoms. The van der Waals surface area contributed by atoms with Gasteiger partial charge in [0.25, 0.3) is 0 Å². The first-order valence-electron chi connectivity index (χ1n) is 5.57. The monoisotopic (exact) mass is 245 g/mol. The summed E-state index contributed by atoms with van der Waals surface area (Å²) in [5.74, 6) is 0.459. The van der Waals surface area contributed by atoms with Crippen molar-refractivity contribution in [2.45, 2.75) is 12.6 Å². The van der Waals surface area contributed by atoms with Crippen LogP contribution in [0.1, 0.15) is 12.0 Å². The fourth-order valence-electron chi connectivity index (χ4n) is 1.71. The summed E-state index contributed by atoms with van der Waals surface area (Å²) in [6.45, 7) is 2.20. The summed E-state index contributed by atoms with van der Waals surface area (Å²) in [6.07, 6.45) is -3.56. The van der Waals surface area contributed by atoms with E-state index in [0.29, 0.717) is 12.5 Å². The lowest BCUT2D eigenvalue weighted by Gasteiger charge is -2.27. The Bertz CT molecular complexity index is 374. The van der Waals surface area contributed by atoms with Gasteiger partial charge in [-0.3, -0.25) is 0 Å². The predicted octanol–water partition coefficient (Wildman–Crippen LogP) is 2.69. The molecule has 1 aromatic carbocycles. The minimum Gasteiger partial charge on any atom is -0.493 e. The third-order valence-electron chi connectivity index (χ3n) is 2.84. The second kappa shape index (κ2) is 4.96. The van der Waals surface area contributed by atoms with Crippen molar-refractivity contribution in [3.05, 3.63) is 29.8 Å². The standard InChI is InChI=1S/C12H14F3NO/c13-12(14,15)10-3-1-2-4-11(10)17-6-5-9-7-16-8-9/h1-4,9,16H,5-8H2. The van der Waals surface area contributed by atoms with E-state index in [0.717, 1.165) is 25.6 Å². The van der Waals surface area contributed by atoms with Gasteiger partial charge >= 0.3 is 6.18 Å². The van der Waals surface area contributed by atoms with Crippen LogP contribution in [0, 0.1) is 5.92 Å². The third kappa shape index (κ3) is 3.12. The summed E-state index contributed by atoms with van der Waals surface area (Å²) in [6, 6.07) is 5.32. The molecule has 2 nitrogen and oxygen atoms in total. The van der Waals surface area contributed by atoms with Gasteiger partial charge < -0.3 is 10.1 Å². The average Bonchev–Trinajstić information content (AvgIpc) is 2.21. The molecule has 0 bridgehead atoms. The first kappa shape index (κ1) is 12.2. The maximum atomic E-state index is 12.6. The van der Waals surface area contributed by atoms with Crippen molar-refractivity contribution >= 4 is 0 Å². The molecule has 0 atom stereocenters. The Hall–Kier alpha value is -1.23. The third-order valence-corrected chi connectivity index (χ3v) is 2.84. The fourth-order valence-corrected chi connectivity index (χ4v) is 1.71. The van der Waals surface area contributed by atoms with Gasteiger partial charge in [-0.2, -0.15) is 13.2 Å². The van der Waals surface area contributed by atoms with E-state index in [-0.39, 0.29) is 5.75 Å². The van der Waals surface area contributed by atoms with Crippen molar-refractivity contribution in [2.24, 2.45) is 5.92 Å². The molecule has 0 amide bonds. The topological polar surface area (TPSA) is 21.3 Å². The molecular formula is C12H14F3NO. The molecule has 1 aliphatic heterocycles.